The average molecular weight is 286 g/mol. The maximum Gasteiger partial charge on any atom is 0.165 e. The predicted molar refractivity (Wildman–Crippen MR) is 77.5 cm³/mol. The molecule has 0 radical (unpaired) electrons. The molecule has 5 heteroatoms. The van der Waals surface area contributed by atoms with Crippen LogP contribution in [0.4, 0.5) is 5.82 Å². The third-order valence-corrected chi connectivity index (χ3v) is 3.88. The minimum Gasteiger partial charge on any atom is -0.260 e. The zero-order valence-electron chi connectivity index (χ0n) is 10.6. The van der Waals surface area contributed by atoms with Crippen LogP contribution in [0.1, 0.15) is 33.1 Å². The molecule has 0 spiro atoms. The molecule has 2 atom stereocenters. The smallest absolute Gasteiger partial charge is 0.165 e. The van der Waals surface area contributed by atoms with E-state index in [0.717, 1.165) is 0 Å². The zero-order chi connectivity index (χ0) is 13.1. The fourth-order valence-electron chi connectivity index (χ4n) is 2.35. The summed E-state index contributed by atoms with van der Waals surface area (Å²) in [5.74, 6) is 1.60. The second kappa shape index (κ2) is 5.89. The molecular formula is C13H17Cl2N3. The van der Waals surface area contributed by atoms with Crippen molar-refractivity contribution in [2.45, 2.75) is 33.1 Å². The van der Waals surface area contributed by atoms with Gasteiger partial charge < -0.3 is 0 Å². The van der Waals surface area contributed by atoms with Gasteiger partial charge in [0.25, 0.3) is 0 Å². The van der Waals surface area contributed by atoms with Crippen molar-refractivity contribution in [3.05, 3.63) is 22.3 Å². The fourth-order valence-corrected chi connectivity index (χ4v) is 2.77. The number of pyridine rings is 1. The summed E-state index contributed by atoms with van der Waals surface area (Å²) in [7, 11) is 0. The van der Waals surface area contributed by atoms with Gasteiger partial charge in [-0.15, -0.1) is 0 Å². The van der Waals surface area contributed by atoms with Crippen LogP contribution in [-0.2, 0) is 0 Å². The van der Waals surface area contributed by atoms with Crippen molar-refractivity contribution < 1.29 is 0 Å². The van der Waals surface area contributed by atoms with Gasteiger partial charge in [0.1, 0.15) is 0 Å². The van der Waals surface area contributed by atoms with Gasteiger partial charge >= 0.3 is 0 Å². The molecule has 0 amide bonds. The summed E-state index contributed by atoms with van der Waals surface area (Å²) in [5, 5.41) is 5.50. The molecule has 0 bridgehead atoms. The normalized spacial score (nSPS) is 23.9. The second-order valence-electron chi connectivity index (χ2n) is 4.87. The Labute approximate surface area is 118 Å². The van der Waals surface area contributed by atoms with Gasteiger partial charge in [0.05, 0.1) is 10.0 Å². The van der Waals surface area contributed by atoms with E-state index in [0.29, 0.717) is 27.7 Å². The molecule has 0 aliphatic heterocycles. The third kappa shape index (κ3) is 3.15. The van der Waals surface area contributed by atoms with E-state index in [1.165, 1.54) is 25.0 Å². The van der Waals surface area contributed by atoms with E-state index < -0.39 is 0 Å². The lowest BCUT2D eigenvalue weighted by molar-refractivity contribution is 0.486. The summed E-state index contributed by atoms with van der Waals surface area (Å²) in [4.78, 5) is 4.13. The van der Waals surface area contributed by atoms with Crippen molar-refractivity contribution in [3.8, 4) is 0 Å². The first-order valence-electron chi connectivity index (χ1n) is 6.22. The number of halogens is 2. The van der Waals surface area contributed by atoms with Gasteiger partial charge in [-0.2, -0.15) is 5.10 Å². The zero-order valence-corrected chi connectivity index (χ0v) is 12.1. The number of rotatable bonds is 2. The van der Waals surface area contributed by atoms with Crippen molar-refractivity contribution in [2.75, 3.05) is 5.43 Å². The molecule has 1 aromatic heterocycles. The SMILES string of the molecule is C[C@H]1CCC[C@H](C)C1=NNc1ncc(Cl)cc1Cl. The molecule has 1 N–H and O–H groups in total. The minimum atomic E-state index is 0.489. The quantitative estimate of drug-likeness (QED) is 0.806. The number of hydrogen-bond acceptors (Lipinski definition) is 3. The van der Waals surface area contributed by atoms with Crippen molar-refractivity contribution in [1.29, 1.82) is 0 Å². The summed E-state index contributed by atoms with van der Waals surface area (Å²) < 4.78 is 0. The highest BCUT2D eigenvalue weighted by Gasteiger charge is 2.22. The first kappa shape index (κ1) is 13.6. The molecule has 2 rings (SSSR count). The minimum absolute atomic E-state index is 0.489. The van der Waals surface area contributed by atoms with E-state index in [2.05, 4.69) is 29.4 Å². The Kier molecular flexibility index (Phi) is 4.46. The maximum absolute atomic E-state index is 6.04. The first-order valence-corrected chi connectivity index (χ1v) is 6.98. The molecule has 0 saturated heterocycles. The van der Waals surface area contributed by atoms with Crippen LogP contribution < -0.4 is 5.43 Å². The molecular weight excluding hydrogens is 269 g/mol. The Morgan fingerprint density at radius 3 is 2.56 bits per heavy atom. The van der Waals surface area contributed by atoms with Crippen LogP contribution in [0.15, 0.2) is 17.4 Å². The van der Waals surface area contributed by atoms with Gasteiger partial charge in [-0.05, 0) is 30.7 Å². The Balaban J connectivity index is 2.13. The number of aromatic nitrogens is 1. The summed E-state index contributed by atoms with van der Waals surface area (Å²) >= 11 is 11.8. The van der Waals surface area contributed by atoms with E-state index in [4.69, 9.17) is 23.2 Å². The standard InChI is InChI=1S/C13H17Cl2N3/c1-8-4-3-5-9(2)12(8)17-18-13-11(15)6-10(14)7-16-13/h6-9H,3-5H2,1-2H3,(H,16,18)/t8-,9-/m0/s1. The van der Waals surface area contributed by atoms with E-state index in [9.17, 15) is 0 Å². The van der Waals surface area contributed by atoms with Crippen LogP contribution in [0.2, 0.25) is 10.0 Å². The van der Waals surface area contributed by atoms with Crippen molar-refractivity contribution in [1.82, 2.24) is 4.98 Å². The van der Waals surface area contributed by atoms with E-state index in [1.807, 2.05) is 0 Å². The summed E-state index contributed by atoms with van der Waals surface area (Å²) in [6.45, 7) is 4.43. The number of hydrogen-bond donors (Lipinski definition) is 1. The summed E-state index contributed by atoms with van der Waals surface area (Å²) in [5.41, 5.74) is 4.16. The first-order chi connectivity index (χ1) is 8.58. The Hall–Kier alpha value is -0.800. The lowest BCUT2D eigenvalue weighted by Crippen LogP contribution is -2.25. The van der Waals surface area contributed by atoms with Crippen LogP contribution in [-0.4, -0.2) is 10.7 Å². The number of anilines is 1. The largest absolute Gasteiger partial charge is 0.260 e. The monoisotopic (exact) mass is 285 g/mol. The van der Waals surface area contributed by atoms with Crippen LogP contribution in [0.5, 0.6) is 0 Å². The van der Waals surface area contributed by atoms with Gasteiger partial charge in [-0.25, -0.2) is 4.98 Å². The van der Waals surface area contributed by atoms with Crippen LogP contribution >= 0.6 is 23.2 Å². The third-order valence-electron chi connectivity index (χ3n) is 3.38. The molecule has 1 aliphatic carbocycles. The highest BCUT2D eigenvalue weighted by molar-refractivity contribution is 6.35. The van der Waals surface area contributed by atoms with E-state index in [-0.39, 0.29) is 0 Å². The summed E-state index contributed by atoms with van der Waals surface area (Å²) in [6, 6.07) is 1.66. The number of nitrogens with one attached hydrogen (secondary N) is 1. The summed E-state index contributed by atoms with van der Waals surface area (Å²) in [6.07, 6.45) is 5.24. The molecule has 1 heterocycles. The number of hydrazone groups is 1. The molecule has 0 unspecified atom stereocenters. The number of nitrogens with zero attached hydrogens (tertiary/aromatic N) is 2. The predicted octanol–water partition coefficient (Wildman–Crippen LogP) is 4.61. The Morgan fingerprint density at radius 2 is 1.94 bits per heavy atom. The lowest BCUT2D eigenvalue weighted by atomic mass is 9.81. The van der Waals surface area contributed by atoms with Crippen molar-refractivity contribution in [3.63, 3.8) is 0 Å². The van der Waals surface area contributed by atoms with E-state index >= 15 is 0 Å². The molecule has 1 aromatic rings. The molecule has 18 heavy (non-hydrogen) atoms. The fraction of sp³-hybridized carbons (Fsp3) is 0.538. The lowest BCUT2D eigenvalue weighted by Gasteiger charge is -2.26. The molecule has 1 fully saturated rings. The van der Waals surface area contributed by atoms with E-state index in [1.54, 1.807) is 12.3 Å². The molecule has 1 aliphatic rings. The maximum atomic E-state index is 6.04. The Bertz CT molecular complexity index is 448. The Morgan fingerprint density at radius 1 is 1.28 bits per heavy atom. The van der Waals surface area contributed by atoms with Crippen molar-refractivity contribution in [2.24, 2.45) is 16.9 Å². The van der Waals surface area contributed by atoms with Gasteiger partial charge in [-0.1, -0.05) is 43.5 Å². The van der Waals surface area contributed by atoms with Crippen LogP contribution in [0.3, 0.4) is 0 Å². The highest BCUT2D eigenvalue weighted by atomic mass is 35.5. The molecule has 98 valence electrons. The van der Waals surface area contributed by atoms with Crippen LogP contribution in [0.25, 0.3) is 0 Å². The average Bonchev–Trinajstić information content (AvgIpc) is 2.31. The van der Waals surface area contributed by atoms with Gasteiger partial charge in [-0.3, -0.25) is 5.43 Å². The van der Waals surface area contributed by atoms with Gasteiger partial charge in [0.15, 0.2) is 5.82 Å². The van der Waals surface area contributed by atoms with Gasteiger partial charge in [0.2, 0.25) is 0 Å². The second-order valence-corrected chi connectivity index (χ2v) is 5.71. The van der Waals surface area contributed by atoms with Gasteiger partial charge in [0, 0.05) is 11.9 Å². The van der Waals surface area contributed by atoms with Crippen LogP contribution in [0, 0.1) is 11.8 Å². The van der Waals surface area contributed by atoms with Crippen molar-refractivity contribution >= 4 is 34.7 Å². The topological polar surface area (TPSA) is 37.3 Å². The molecule has 0 aromatic carbocycles. The molecule has 3 nitrogen and oxygen atoms in total. The highest BCUT2D eigenvalue weighted by Crippen LogP contribution is 2.27. The molecule has 1 saturated carbocycles.